The van der Waals surface area contributed by atoms with Crippen LogP contribution in [-0.4, -0.2) is 13.0 Å². The number of hydrogen-bond donors (Lipinski definition) is 0. The molecule has 0 saturated heterocycles. The molecule has 174 valence electrons. The van der Waals surface area contributed by atoms with Gasteiger partial charge in [-0.15, -0.1) is 0 Å². The van der Waals surface area contributed by atoms with Crippen molar-refractivity contribution in [2.45, 2.75) is 17.0 Å². The SMILES string of the molecule is N#Cc1ccc(S(=O)(=O)N2c3cccc(=O)n3[C@@H](c3ccc(Cl)cc3)[C@H]2c2ccc(Cl)cc2)cc1. The van der Waals surface area contributed by atoms with Crippen molar-refractivity contribution in [3.05, 3.63) is 128 Å². The first-order valence-electron chi connectivity index (χ1n) is 10.6. The van der Waals surface area contributed by atoms with Crippen molar-refractivity contribution in [3.8, 4) is 6.07 Å². The molecule has 1 aliphatic heterocycles. The highest BCUT2D eigenvalue weighted by Crippen LogP contribution is 2.49. The minimum absolute atomic E-state index is 0.00933. The molecule has 35 heavy (non-hydrogen) atoms. The van der Waals surface area contributed by atoms with Crippen LogP contribution in [0, 0.1) is 11.3 Å². The van der Waals surface area contributed by atoms with Gasteiger partial charge >= 0.3 is 0 Å². The summed E-state index contributed by atoms with van der Waals surface area (Å²) in [6.07, 6.45) is 0. The number of fused-ring (bicyclic) bond motifs is 1. The minimum atomic E-state index is -4.15. The summed E-state index contributed by atoms with van der Waals surface area (Å²) < 4.78 is 30.9. The molecule has 0 fully saturated rings. The Bertz CT molecular complexity index is 1610. The van der Waals surface area contributed by atoms with E-state index in [9.17, 15) is 13.2 Å². The molecule has 9 heteroatoms. The van der Waals surface area contributed by atoms with E-state index in [1.54, 1.807) is 60.7 Å². The number of hydrogen-bond acceptors (Lipinski definition) is 4. The van der Waals surface area contributed by atoms with Crippen LogP contribution >= 0.6 is 23.2 Å². The average molecular weight is 522 g/mol. The molecule has 0 aliphatic carbocycles. The minimum Gasteiger partial charge on any atom is -0.284 e. The van der Waals surface area contributed by atoms with Crippen molar-refractivity contribution in [2.24, 2.45) is 0 Å². The molecule has 0 spiro atoms. The molecule has 6 nitrogen and oxygen atoms in total. The maximum atomic E-state index is 14.1. The molecule has 1 aliphatic rings. The topological polar surface area (TPSA) is 83.2 Å². The van der Waals surface area contributed by atoms with Gasteiger partial charge in [-0.3, -0.25) is 9.36 Å². The standard InChI is InChI=1S/C26H17Cl2N3O3S/c27-20-10-6-18(7-11-20)25-26(19-8-12-21(28)13-9-19)31(23-2-1-3-24(32)30(23)25)35(33,34)22-14-4-17(16-29)5-15-22/h1-15,25-26H/t25-,26+/m0/s1. The van der Waals surface area contributed by atoms with Crippen LogP contribution in [0.1, 0.15) is 28.8 Å². The summed E-state index contributed by atoms with van der Waals surface area (Å²) in [6, 6.07) is 24.7. The van der Waals surface area contributed by atoms with Crippen LogP contribution in [-0.2, 0) is 10.0 Å². The molecule has 0 saturated carbocycles. The summed E-state index contributed by atoms with van der Waals surface area (Å²) in [6.45, 7) is 0. The van der Waals surface area contributed by atoms with E-state index in [1.165, 1.54) is 39.2 Å². The Hall–Kier alpha value is -3.57. The number of pyridine rings is 1. The predicted octanol–water partition coefficient (Wildman–Crippen LogP) is 5.57. The van der Waals surface area contributed by atoms with Gasteiger partial charge in [0.25, 0.3) is 15.6 Å². The molecule has 0 unspecified atom stereocenters. The second-order valence-corrected chi connectivity index (χ2v) is 10.7. The van der Waals surface area contributed by atoms with E-state index in [1.807, 2.05) is 6.07 Å². The maximum absolute atomic E-state index is 14.1. The molecule has 0 bridgehead atoms. The third-order valence-corrected chi connectivity index (χ3v) is 8.29. The molecule has 0 amide bonds. The van der Waals surface area contributed by atoms with Crippen molar-refractivity contribution < 1.29 is 8.42 Å². The lowest BCUT2D eigenvalue weighted by atomic mass is 9.94. The summed E-state index contributed by atoms with van der Waals surface area (Å²) in [5.41, 5.74) is 1.39. The quantitative estimate of drug-likeness (QED) is 0.351. The highest BCUT2D eigenvalue weighted by molar-refractivity contribution is 7.92. The van der Waals surface area contributed by atoms with E-state index >= 15 is 0 Å². The Kier molecular flexibility index (Phi) is 5.89. The van der Waals surface area contributed by atoms with Crippen molar-refractivity contribution in [1.82, 2.24) is 4.57 Å². The van der Waals surface area contributed by atoms with Gasteiger partial charge in [-0.25, -0.2) is 12.7 Å². The van der Waals surface area contributed by atoms with Gasteiger partial charge in [0.2, 0.25) is 0 Å². The first kappa shape index (κ1) is 23.2. The number of halogens is 2. The van der Waals surface area contributed by atoms with Crippen LogP contribution in [0.5, 0.6) is 0 Å². The zero-order chi connectivity index (χ0) is 24.7. The van der Waals surface area contributed by atoms with Crippen LogP contribution in [0.2, 0.25) is 10.0 Å². The molecular formula is C26H17Cl2N3O3S. The Morgan fingerprint density at radius 1 is 0.743 bits per heavy atom. The zero-order valence-corrected chi connectivity index (χ0v) is 20.4. The van der Waals surface area contributed by atoms with Gasteiger partial charge in [0, 0.05) is 16.1 Å². The zero-order valence-electron chi connectivity index (χ0n) is 18.0. The lowest BCUT2D eigenvalue weighted by Crippen LogP contribution is -2.33. The molecule has 0 radical (unpaired) electrons. The van der Waals surface area contributed by atoms with E-state index < -0.39 is 22.1 Å². The van der Waals surface area contributed by atoms with Crippen molar-refractivity contribution in [1.29, 1.82) is 5.26 Å². The van der Waals surface area contributed by atoms with E-state index in [4.69, 9.17) is 28.5 Å². The van der Waals surface area contributed by atoms with Crippen LogP contribution in [0.15, 0.2) is 101 Å². The second-order valence-electron chi connectivity index (χ2n) is 8.02. The van der Waals surface area contributed by atoms with E-state index in [-0.39, 0.29) is 16.3 Å². The molecule has 4 aromatic rings. The monoisotopic (exact) mass is 521 g/mol. The van der Waals surface area contributed by atoms with Crippen molar-refractivity contribution >= 4 is 39.0 Å². The number of nitriles is 1. The van der Waals surface area contributed by atoms with Crippen molar-refractivity contribution in [3.63, 3.8) is 0 Å². The smallest absolute Gasteiger partial charge is 0.266 e. The Labute approximate surface area is 212 Å². The van der Waals surface area contributed by atoms with E-state index in [2.05, 4.69) is 0 Å². The highest BCUT2D eigenvalue weighted by Gasteiger charge is 2.46. The molecule has 2 heterocycles. The lowest BCUT2D eigenvalue weighted by molar-refractivity contribution is 0.529. The number of benzene rings is 3. The van der Waals surface area contributed by atoms with Crippen LogP contribution < -0.4 is 9.86 Å². The molecular weight excluding hydrogens is 505 g/mol. The number of anilines is 1. The second kappa shape index (κ2) is 8.90. The lowest BCUT2D eigenvalue weighted by Gasteiger charge is -2.29. The van der Waals surface area contributed by atoms with Crippen LogP contribution in [0.4, 0.5) is 5.82 Å². The van der Waals surface area contributed by atoms with Gasteiger partial charge in [0.1, 0.15) is 5.82 Å². The summed E-state index contributed by atoms with van der Waals surface area (Å²) in [5, 5.41) is 10.2. The van der Waals surface area contributed by atoms with Crippen LogP contribution in [0.25, 0.3) is 0 Å². The summed E-state index contributed by atoms with van der Waals surface area (Å²) >= 11 is 12.2. The molecule has 3 aromatic carbocycles. The molecule has 5 rings (SSSR count). The Morgan fingerprint density at radius 3 is 1.83 bits per heavy atom. The van der Waals surface area contributed by atoms with Gasteiger partial charge in [0.05, 0.1) is 28.6 Å². The highest BCUT2D eigenvalue weighted by atomic mass is 35.5. The normalized spacial score (nSPS) is 17.1. The number of aromatic nitrogens is 1. The average Bonchev–Trinajstić information content (AvgIpc) is 3.22. The van der Waals surface area contributed by atoms with Crippen molar-refractivity contribution in [2.75, 3.05) is 4.31 Å². The largest absolute Gasteiger partial charge is 0.284 e. The predicted molar refractivity (Wildman–Crippen MR) is 135 cm³/mol. The summed E-state index contributed by atoms with van der Waals surface area (Å²) in [5.74, 6) is 0.238. The Balaban J connectivity index is 1.79. The number of sulfonamides is 1. The fourth-order valence-corrected chi connectivity index (χ4v) is 6.31. The fraction of sp³-hybridized carbons (Fsp3) is 0.0769. The van der Waals surface area contributed by atoms with Gasteiger partial charge in [-0.2, -0.15) is 5.26 Å². The number of rotatable bonds is 4. The van der Waals surface area contributed by atoms with Gasteiger partial charge in [0.15, 0.2) is 0 Å². The summed E-state index contributed by atoms with van der Waals surface area (Å²) in [4.78, 5) is 13.2. The Morgan fingerprint density at radius 2 is 1.29 bits per heavy atom. The van der Waals surface area contributed by atoms with Gasteiger partial charge in [-0.05, 0) is 65.7 Å². The summed E-state index contributed by atoms with van der Waals surface area (Å²) in [7, 11) is -4.15. The van der Waals surface area contributed by atoms with Crippen LogP contribution in [0.3, 0.4) is 0 Å². The first-order valence-corrected chi connectivity index (χ1v) is 12.8. The van der Waals surface area contributed by atoms with E-state index in [0.29, 0.717) is 21.2 Å². The number of nitrogens with zero attached hydrogens (tertiary/aromatic N) is 3. The molecule has 0 N–H and O–H groups in total. The molecule has 2 atom stereocenters. The first-order chi connectivity index (χ1) is 16.8. The molecule has 1 aromatic heterocycles. The maximum Gasteiger partial charge on any atom is 0.266 e. The fourth-order valence-electron chi connectivity index (χ4n) is 4.42. The van der Waals surface area contributed by atoms with E-state index in [0.717, 1.165) is 5.56 Å². The van der Waals surface area contributed by atoms with Gasteiger partial charge < -0.3 is 0 Å². The third-order valence-electron chi connectivity index (χ3n) is 5.99. The van der Waals surface area contributed by atoms with Gasteiger partial charge in [-0.1, -0.05) is 53.5 Å². The third kappa shape index (κ3) is 4.00.